The van der Waals surface area contributed by atoms with Crippen LogP contribution in [0.2, 0.25) is 0 Å². The summed E-state index contributed by atoms with van der Waals surface area (Å²) in [5, 5.41) is 9.52. The molecule has 1 amide bonds. The Hall–Kier alpha value is -2.11. The zero-order chi connectivity index (χ0) is 20.3. The number of phenolic OH excluding ortho intramolecular Hbond substituents is 1. The van der Waals surface area contributed by atoms with Crippen LogP contribution >= 0.6 is 0 Å². The normalized spacial score (nSPS) is 22.8. The minimum Gasteiger partial charge on any atom is -0.505 e. The monoisotopic (exact) mass is 391 g/mol. The van der Waals surface area contributed by atoms with Gasteiger partial charge in [0, 0.05) is 19.5 Å². The lowest BCUT2D eigenvalue weighted by atomic mass is 9.75. The Morgan fingerprint density at radius 3 is 2.71 bits per heavy atom. The van der Waals surface area contributed by atoms with Crippen LogP contribution < -0.4 is 0 Å². The molecule has 0 bridgehead atoms. The molecule has 1 aromatic carbocycles. The van der Waals surface area contributed by atoms with E-state index in [1.165, 1.54) is 13.2 Å². The number of esters is 1. The zero-order valence-electron chi connectivity index (χ0n) is 16.7. The molecule has 1 aromatic rings. The van der Waals surface area contributed by atoms with Crippen LogP contribution in [0, 0.1) is 23.6 Å². The summed E-state index contributed by atoms with van der Waals surface area (Å²) in [6, 6.07) is 2.95. The Bertz CT molecular complexity index is 727. The summed E-state index contributed by atoms with van der Waals surface area (Å²) in [4.78, 5) is 25.5. The number of aromatic hydroxyl groups is 1. The van der Waals surface area contributed by atoms with Gasteiger partial charge in [0.05, 0.1) is 12.7 Å². The van der Waals surface area contributed by atoms with Crippen molar-refractivity contribution in [3.05, 3.63) is 29.1 Å². The molecule has 5 nitrogen and oxygen atoms in total. The van der Waals surface area contributed by atoms with Gasteiger partial charge in [0.2, 0.25) is 0 Å². The minimum atomic E-state index is -0.797. The quantitative estimate of drug-likeness (QED) is 0.705. The Labute approximate surface area is 165 Å². The SMILES string of the molecule is COC(=O)CCCC(C)C1CCC(CN2Cc3ccc(O)c(F)c3C2=O)CC1. The van der Waals surface area contributed by atoms with Gasteiger partial charge < -0.3 is 14.7 Å². The molecular formula is C22H30FNO4. The van der Waals surface area contributed by atoms with Gasteiger partial charge in [-0.3, -0.25) is 9.59 Å². The number of hydrogen-bond acceptors (Lipinski definition) is 4. The fourth-order valence-corrected chi connectivity index (χ4v) is 4.71. The van der Waals surface area contributed by atoms with Crippen LogP contribution in [0.25, 0.3) is 0 Å². The molecule has 1 heterocycles. The van der Waals surface area contributed by atoms with Crippen LogP contribution in [-0.4, -0.2) is 35.5 Å². The molecule has 1 unspecified atom stereocenters. The lowest BCUT2D eigenvalue weighted by molar-refractivity contribution is -0.140. The van der Waals surface area contributed by atoms with Crippen LogP contribution in [0.3, 0.4) is 0 Å². The van der Waals surface area contributed by atoms with Crippen molar-refractivity contribution >= 4 is 11.9 Å². The number of ether oxygens (including phenoxy) is 1. The van der Waals surface area contributed by atoms with Crippen molar-refractivity contribution in [1.29, 1.82) is 0 Å². The highest BCUT2D eigenvalue weighted by Gasteiger charge is 2.34. The van der Waals surface area contributed by atoms with Gasteiger partial charge in [0.25, 0.3) is 5.91 Å². The average Bonchev–Trinajstić information content (AvgIpc) is 3.01. The molecule has 1 fully saturated rings. The molecular weight excluding hydrogens is 361 g/mol. The number of carbonyl (C=O) groups excluding carboxylic acids is 2. The number of phenols is 1. The molecule has 1 saturated carbocycles. The first kappa shape index (κ1) is 20.6. The van der Waals surface area contributed by atoms with Crippen molar-refractivity contribution in [3.8, 4) is 5.75 Å². The summed E-state index contributed by atoms with van der Waals surface area (Å²) < 4.78 is 18.8. The first-order valence-electron chi connectivity index (χ1n) is 10.3. The fraction of sp³-hybridized carbons (Fsp3) is 0.636. The maximum Gasteiger partial charge on any atom is 0.305 e. The van der Waals surface area contributed by atoms with E-state index in [0.29, 0.717) is 42.8 Å². The molecule has 0 spiro atoms. The summed E-state index contributed by atoms with van der Waals surface area (Å²) >= 11 is 0. The van der Waals surface area contributed by atoms with Crippen LogP contribution in [0.5, 0.6) is 5.75 Å². The number of rotatable bonds is 7. The zero-order valence-corrected chi connectivity index (χ0v) is 16.7. The molecule has 0 radical (unpaired) electrons. The van der Waals surface area contributed by atoms with Gasteiger partial charge in [0.15, 0.2) is 11.6 Å². The number of hydrogen-bond donors (Lipinski definition) is 1. The molecule has 3 rings (SSSR count). The maximum absolute atomic E-state index is 14.1. The third-order valence-electron chi connectivity index (χ3n) is 6.51. The highest BCUT2D eigenvalue weighted by molar-refractivity contribution is 5.99. The van der Waals surface area contributed by atoms with E-state index in [2.05, 4.69) is 6.92 Å². The molecule has 0 saturated heterocycles. The molecule has 154 valence electrons. The van der Waals surface area contributed by atoms with Crippen molar-refractivity contribution in [1.82, 2.24) is 4.90 Å². The lowest BCUT2D eigenvalue weighted by Gasteiger charge is -2.34. The molecule has 28 heavy (non-hydrogen) atoms. The number of fused-ring (bicyclic) bond motifs is 1. The van der Waals surface area contributed by atoms with Gasteiger partial charge in [-0.2, -0.15) is 0 Å². The van der Waals surface area contributed by atoms with Crippen molar-refractivity contribution in [2.45, 2.75) is 58.4 Å². The van der Waals surface area contributed by atoms with Gasteiger partial charge in [-0.15, -0.1) is 0 Å². The van der Waals surface area contributed by atoms with Crippen molar-refractivity contribution in [2.75, 3.05) is 13.7 Å². The topological polar surface area (TPSA) is 66.8 Å². The van der Waals surface area contributed by atoms with Crippen molar-refractivity contribution in [3.63, 3.8) is 0 Å². The smallest absolute Gasteiger partial charge is 0.305 e. The largest absolute Gasteiger partial charge is 0.505 e. The van der Waals surface area contributed by atoms with Crippen LogP contribution in [0.4, 0.5) is 4.39 Å². The summed E-state index contributed by atoms with van der Waals surface area (Å²) in [6.07, 6.45) is 6.79. The summed E-state index contributed by atoms with van der Waals surface area (Å²) in [7, 11) is 1.42. The van der Waals surface area contributed by atoms with E-state index in [4.69, 9.17) is 4.74 Å². The van der Waals surface area contributed by atoms with Gasteiger partial charge in [-0.05, 0) is 67.9 Å². The summed E-state index contributed by atoms with van der Waals surface area (Å²) in [5.74, 6) is -0.0210. The number of amides is 1. The number of carbonyl (C=O) groups is 2. The highest BCUT2D eigenvalue weighted by atomic mass is 19.1. The van der Waals surface area contributed by atoms with E-state index in [0.717, 1.165) is 38.5 Å². The molecule has 1 aliphatic heterocycles. The molecule has 2 aliphatic rings. The first-order valence-corrected chi connectivity index (χ1v) is 10.3. The van der Waals surface area contributed by atoms with E-state index in [9.17, 15) is 19.1 Å². The molecule has 1 aliphatic carbocycles. The number of benzene rings is 1. The predicted molar refractivity (Wildman–Crippen MR) is 103 cm³/mol. The van der Waals surface area contributed by atoms with E-state index in [-0.39, 0.29) is 17.4 Å². The summed E-state index contributed by atoms with van der Waals surface area (Å²) in [5.41, 5.74) is 0.695. The molecule has 0 aromatic heterocycles. The standard InChI is InChI=1S/C22H30FNO4/c1-14(4-3-5-19(26)28-2)16-8-6-15(7-9-16)12-24-13-17-10-11-18(25)21(23)20(17)22(24)27/h10-11,14-16,25H,3-9,12-13H2,1-2H3. The van der Waals surface area contributed by atoms with Crippen LogP contribution in [-0.2, 0) is 16.1 Å². The van der Waals surface area contributed by atoms with Crippen molar-refractivity contribution < 1.29 is 23.8 Å². The predicted octanol–water partition coefficient (Wildman–Crippen LogP) is 4.27. The second kappa shape index (κ2) is 8.93. The van der Waals surface area contributed by atoms with Gasteiger partial charge in [-0.25, -0.2) is 4.39 Å². The second-order valence-electron chi connectivity index (χ2n) is 8.34. The van der Waals surface area contributed by atoms with E-state index >= 15 is 0 Å². The van der Waals surface area contributed by atoms with Crippen LogP contribution in [0.15, 0.2) is 12.1 Å². The van der Waals surface area contributed by atoms with Crippen molar-refractivity contribution in [2.24, 2.45) is 17.8 Å². The van der Waals surface area contributed by atoms with Gasteiger partial charge >= 0.3 is 5.97 Å². The number of methoxy groups -OCH3 is 1. The Morgan fingerprint density at radius 2 is 2.04 bits per heavy atom. The van der Waals surface area contributed by atoms with E-state index < -0.39 is 11.6 Å². The lowest BCUT2D eigenvalue weighted by Crippen LogP contribution is -2.32. The second-order valence-corrected chi connectivity index (χ2v) is 8.34. The maximum atomic E-state index is 14.1. The third-order valence-corrected chi connectivity index (χ3v) is 6.51. The number of halogens is 1. The average molecular weight is 391 g/mol. The highest BCUT2D eigenvalue weighted by Crippen LogP contribution is 2.37. The molecule has 6 heteroatoms. The van der Waals surface area contributed by atoms with Gasteiger partial charge in [0.1, 0.15) is 0 Å². The molecule has 1 N–H and O–H groups in total. The minimum absolute atomic E-state index is 0.0351. The third kappa shape index (κ3) is 4.47. The number of nitrogens with zero attached hydrogens (tertiary/aromatic N) is 1. The Balaban J connectivity index is 1.46. The van der Waals surface area contributed by atoms with E-state index in [1.54, 1.807) is 11.0 Å². The fourth-order valence-electron chi connectivity index (χ4n) is 4.71. The summed E-state index contributed by atoms with van der Waals surface area (Å²) in [6.45, 7) is 3.34. The van der Waals surface area contributed by atoms with Crippen LogP contribution in [0.1, 0.15) is 67.8 Å². The first-order chi connectivity index (χ1) is 13.4. The van der Waals surface area contributed by atoms with Gasteiger partial charge in [-0.1, -0.05) is 13.0 Å². The Morgan fingerprint density at radius 1 is 1.32 bits per heavy atom. The molecule has 1 atom stereocenters. The van der Waals surface area contributed by atoms with E-state index in [1.807, 2.05) is 0 Å². The Kier molecular flexibility index (Phi) is 6.57.